The maximum absolute atomic E-state index is 13.7. The highest BCUT2D eigenvalue weighted by Crippen LogP contribution is 2.45. The van der Waals surface area contributed by atoms with Crippen molar-refractivity contribution in [1.82, 2.24) is 25.1 Å². The lowest BCUT2D eigenvalue weighted by atomic mass is 10.1. The van der Waals surface area contributed by atoms with Gasteiger partial charge < -0.3 is 29.7 Å². The summed E-state index contributed by atoms with van der Waals surface area (Å²) in [5, 5.41) is 13.5. The van der Waals surface area contributed by atoms with Gasteiger partial charge in [0.15, 0.2) is 5.82 Å². The average Bonchev–Trinajstić information content (AvgIpc) is 3.56. The van der Waals surface area contributed by atoms with Gasteiger partial charge in [-0.1, -0.05) is 42.5 Å². The number of nitrogens with zero attached hydrogens (tertiary/aromatic N) is 4. The molecule has 3 aliphatic rings. The van der Waals surface area contributed by atoms with Crippen molar-refractivity contribution in [2.45, 2.75) is 56.7 Å². The van der Waals surface area contributed by atoms with Crippen LogP contribution in [-0.4, -0.2) is 87.7 Å². The fourth-order valence-corrected chi connectivity index (χ4v) is 6.27. The summed E-state index contributed by atoms with van der Waals surface area (Å²) in [7, 11) is 3.33. The van der Waals surface area contributed by atoms with Crippen LogP contribution in [0.3, 0.4) is 0 Å². The SMILES string of the molecule is COc1ccc2c(O[C@@H]3C[C@H]4C(=O)NC5(C(=O)O)C[C@@H]5/C=C\CCCCN(C)C(=O)N4C3)nc(-c3ccccc3)nc2c1C. The fraction of sp³-hybridized carbons (Fsp3) is 0.424. The smallest absolute Gasteiger partial charge is 0.330 e. The summed E-state index contributed by atoms with van der Waals surface area (Å²) in [5.74, 6) is -0.344. The molecule has 2 aliphatic heterocycles. The number of urea groups is 1. The molecule has 4 atom stereocenters. The summed E-state index contributed by atoms with van der Waals surface area (Å²) in [5.41, 5.74) is 0.963. The normalized spacial score (nSPS) is 26.3. The number of amides is 3. The largest absolute Gasteiger partial charge is 0.496 e. The van der Waals surface area contributed by atoms with Gasteiger partial charge in [-0.25, -0.2) is 14.6 Å². The number of hydrogen-bond acceptors (Lipinski definition) is 7. The van der Waals surface area contributed by atoms with E-state index in [1.807, 2.05) is 61.5 Å². The lowest BCUT2D eigenvalue weighted by Crippen LogP contribution is -2.54. The number of aryl methyl sites for hydroxylation is 1. The molecule has 2 aromatic carbocycles. The number of carbonyl (C=O) groups excluding carboxylic acids is 2. The number of nitrogens with one attached hydrogen (secondary N) is 1. The standard InChI is InChI=1S/C33H37N5O6/c1-20-26(43-3)15-14-24-27(20)34-28(21-11-7-6-8-12-21)35-30(24)44-23-17-25-29(39)36-33(31(40)41)18-22(33)13-9-4-5-10-16-37(2)32(42)38(25)19-23/h6-9,11-15,22-23,25H,4-5,10,16-19H2,1-3H3,(H,36,39)(H,40,41)/b13-9-/t22-,23+,25-,33?/m0/s1. The van der Waals surface area contributed by atoms with Crippen LogP contribution in [0.1, 0.15) is 37.7 Å². The van der Waals surface area contributed by atoms with E-state index >= 15 is 0 Å². The van der Waals surface area contributed by atoms with Crippen LogP contribution in [0.2, 0.25) is 0 Å². The summed E-state index contributed by atoms with van der Waals surface area (Å²) in [6, 6.07) is 12.1. The van der Waals surface area contributed by atoms with Crippen LogP contribution in [0, 0.1) is 12.8 Å². The maximum atomic E-state index is 13.7. The molecule has 3 amide bonds. The van der Waals surface area contributed by atoms with Gasteiger partial charge in [0, 0.05) is 37.1 Å². The zero-order valence-electron chi connectivity index (χ0n) is 25.2. The number of carbonyl (C=O) groups is 3. The predicted octanol–water partition coefficient (Wildman–Crippen LogP) is 4.19. The summed E-state index contributed by atoms with van der Waals surface area (Å²) in [6.07, 6.45) is 6.27. The van der Waals surface area contributed by atoms with Crippen molar-refractivity contribution in [3.63, 3.8) is 0 Å². The van der Waals surface area contributed by atoms with Crippen LogP contribution in [0.25, 0.3) is 22.3 Å². The second-order valence-corrected chi connectivity index (χ2v) is 11.9. The van der Waals surface area contributed by atoms with E-state index in [2.05, 4.69) is 5.32 Å². The second-order valence-electron chi connectivity index (χ2n) is 11.9. The van der Waals surface area contributed by atoms with Gasteiger partial charge in [-0.05, 0) is 44.7 Å². The van der Waals surface area contributed by atoms with E-state index in [-0.39, 0.29) is 24.9 Å². The quantitative estimate of drug-likeness (QED) is 0.417. The molecule has 11 heteroatoms. The van der Waals surface area contributed by atoms with Crippen molar-refractivity contribution in [1.29, 1.82) is 0 Å². The van der Waals surface area contributed by atoms with Crippen molar-refractivity contribution < 1.29 is 29.0 Å². The van der Waals surface area contributed by atoms with Gasteiger partial charge in [-0.3, -0.25) is 4.79 Å². The molecule has 11 nitrogen and oxygen atoms in total. The van der Waals surface area contributed by atoms with Crippen LogP contribution >= 0.6 is 0 Å². The predicted molar refractivity (Wildman–Crippen MR) is 163 cm³/mol. The Morgan fingerprint density at radius 2 is 1.91 bits per heavy atom. The minimum Gasteiger partial charge on any atom is -0.496 e. The Morgan fingerprint density at radius 3 is 2.66 bits per heavy atom. The van der Waals surface area contributed by atoms with Crippen LogP contribution in [0.15, 0.2) is 54.6 Å². The van der Waals surface area contributed by atoms with Crippen LogP contribution in [0.5, 0.6) is 11.6 Å². The molecule has 0 bridgehead atoms. The van der Waals surface area contributed by atoms with Gasteiger partial charge in [0.25, 0.3) is 0 Å². The van der Waals surface area contributed by atoms with Crippen molar-refractivity contribution >= 4 is 28.8 Å². The third-order valence-corrected chi connectivity index (χ3v) is 8.93. The highest BCUT2D eigenvalue weighted by atomic mass is 16.5. The van der Waals surface area contributed by atoms with Crippen molar-refractivity contribution in [2.75, 3.05) is 27.2 Å². The van der Waals surface area contributed by atoms with Crippen molar-refractivity contribution in [3.05, 3.63) is 60.2 Å². The molecule has 3 heterocycles. The number of rotatable bonds is 5. The molecule has 44 heavy (non-hydrogen) atoms. The average molecular weight is 600 g/mol. The Hall–Kier alpha value is -4.67. The van der Waals surface area contributed by atoms with E-state index in [1.165, 1.54) is 4.90 Å². The van der Waals surface area contributed by atoms with Gasteiger partial charge in [0.2, 0.25) is 11.8 Å². The number of carboxylic acid groups (broad SMARTS) is 1. The number of allylic oxidation sites excluding steroid dienone is 1. The summed E-state index contributed by atoms with van der Waals surface area (Å²) >= 11 is 0. The van der Waals surface area contributed by atoms with E-state index in [1.54, 1.807) is 19.1 Å². The number of carboxylic acids is 1. The van der Waals surface area contributed by atoms with E-state index in [0.29, 0.717) is 41.3 Å². The molecule has 0 spiro atoms. The first kappa shape index (κ1) is 29.4. The van der Waals surface area contributed by atoms with E-state index in [0.717, 1.165) is 30.4 Å². The van der Waals surface area contributed by atoms with Crippen LogP contribution in [-0.2, 0) is 9.59 Å². The van der Waals surface area contributed by atoms with E-state index in [9.17, 15) is 19.5 Å². The van der Waals surface area contributed by atoms with Gasteiger partial charge in [0.1, 0.15) is 23.4 Å². The topological polar surface area (TPSA) is 134 Å². The summed E-state index contributed by atoms with van der Waals surface area (Å²) < 4.78 is 12.1. The lowest BCUT2D eigenvalue weighted by molar-refractivity contribution is -0.144. The van der Waals surface area contributed by atoms with Gasteiger partial charge in [0.05, 0.1) is 24.6 Å². The van der Waals surface area contributed by atoms with Crippen molar-refractivity contribution in [2.24, 2.45) is 5.92 Å². The monoisotopic (exact) mass is 599 g/mol. The molecule has 2 fully saturated rings. The molecule has 1 unspecified atom stereocenters. The first-order valence-electron chi connectivity index (χ1n) is 15.0. The Morgan fingerprint density at radius 1 is 1.11 bits per heavy atom. The number of benzene rings is 2. The third kappa shape index (κ3) is 5.42. The number of aromatic nitrogens is 2. The van der Waals surface area contributed by atoms with Gasteiger partial charge in [-0.2, -0.15) is 4.98 Å². The minimum absolute atomic E-state index is 0.145. The highest BCUT2D eigenvalue weighted by molar-refractivity contribution is 5.95. The number of methoxy groups -OCH3 is 1. The Kier molecular flexibility index (Phi) is 7.87. The molecular formula is C33H37N5O6. The molecule has 1 aliphatic carbocycles. The molecule has 3 aromatic rings. The molecule has 1 saturated carbocycles. The van der Waals surface area contributed by atoms with Crippen LogP contribution < -0.4 is 14.8 Å². The number of aliphatic carboxylic acids is 1. The molecule has 1 aromatic heterocycles. The van der Waals surface area contributed by atoms with E-state index < -0.39 is 29.6 Å². The second kappa shape index (κ2) is 11.8. The minimum atomic E-state index is -1.36. The zero-order valence-corrected chi connectivity index (χ0v) is 25.2. The summed E-state index contributed by atoms with van der Waals surface area (Å²) in [6.45, 7) is 2.62. The summed E-state index contributed by atoms with van der Waals surface area (Å²) in [4.78, 5) is 52.4. The number of ether oxygens (including phenoxy) is 2. The molecule has 0 radical (unpaired) electrons. The van der Waals surface area contributed by atoms with Crippen molar-refractivity contribution in [3.8, 4) is 23.0 Å². The fourth-order valence-electron chi connectivity index (χ4n) is 6.27. The zero-order chi connectivity index (χ0) is 31.0. The molecule has 230 valence electrons. The van der Waals surface area contributed by atoms with Gasteiger partial charge >= 0.3 is 12.0 Å². The lowest BCUT2D eigenvalue weighted by Gasteiger charge is -2.29. The molecular weight excluding hydrogens is 562 g/mol. The first-order valence-corrected chi connectivity index (χ1v) is 15.0. The Balaban J connectivity index is 1.34. The molecule has 2 N–H and O–H groups in total. The maximum Gasteiger partial charge on any atom is 0.330 e. The first-order chi connectivity index (χ1) is 21.2. The Labute approximate surface area is 255 Å². The third-order valence-electron chi connectivity index (χ3n) is 8.93. The number of hydrogen-bond donors (Lipinski definition) is 2. The molecule has 1 saturated heterocycles. The van der Waals surface area contributed by atoms with Gasteiger partial charge in [-0.15, -0.1) is 0 Å². The number of fused-ring (bicyclic) bond motifs is 3. The Bertz CT molecular complexity index is 1630. The highest BCUT2D eigenvalue weighted by Gasteiger charge is 2.61. The van der Waals surface area contributed by atoms with E-state index in [4.69, 9.17) is 19.4 Å². The van der Waals surface area contributed by atoms with Crippen LogP contribution in [0.4, 0.5) is 4.79 Å². The molecule has 6 rings (SSSR count).